The van der Waals surface area contributed by atoms with Gasteiger partial charge in [0.25, 0.3) is 7.82 Å². The van der Waals surface area contributed by atoms with Crippen molar-refractivity contribution in [2.75, 3.05) is 40.9 Å². The summed E-state index contributed by atoms with van der Waals surface area (Å²) in [7, 11) is 1.23. The number of aliphatic hydroxyl groups excluding tert-OH is 1. The number of amides is 1. The second-order valence-corrected chi connectivity index (χ2v) is 16.1. The molecule has 3 atom stereocenters. The van der Waals surface area contributed by atoms with E-state index < -0.39 is 26.6 Å². The Hall–Kier alpha value is -1.54. The van der Waals surface area contributed by atoms with Crippen LogP contribution < -0.4 is 10.2 Å². The van der Waals surface area contributed by atoms with Crippen LogP contribution in [0.15, 0.2) is 48.6 Å². The summed E-state index contributed by atoms with van der Waals surface area (Å²) in [5.41, 5.74) is 0. The molecular formula is C41H77N2O6P. The van der Waals surface area contributed by atoms with Gasteiger partial charge in [0, 0.05) is 6.42 Å². The topological polar surface area (TPSA) is 108 Å². The first-order valence-electron chi connectivity index (χ1n) is 20.0. The van der Waals surface area contributed by atoms with Crippen LogP contribution in [0.2, 0.25) is 0 Å². The molecule has 0 fully saturated rings. The minimum Gasteiger partial charge on any atom is -0.756 e. The zero-order valence-corrected chi connectivity index (χ0v) is 33.7. The number of phosphoric ester groups is 1. The fourth-order valence-electron chi connectivity index (χ4n) is 5.27. The number of quaternary nitrogens is 1. The highest BCUT2D eigenvalue weighted by atomic mass is 31.2. The summed E-state index contributed by atoms with van der Waals surface area (Å²) in [6.45, 7) is 4.54. The Bertz CT molecular complexity index is 959. The van der Waals surface area contributed by atoms with E-state index in [1.807, 2.05) is 27.2 Å². The molecule has 9 heteroatoms. The monoisotopic (exact) mass is 725 g/mol. The molecule has 1 amide bonds. The van der Waals surface area contributed by atoms with E-state index in [0.29, 0.717) is 17.4 Å². The number of nitrogens with zero attached hydrogens (tertiary/aromatic N) is 1. The molecule has 0 saturated heterocycles. The van der Waals surface area contributed by atoms with Crippen LogP contribution in [-0.2, 0) is 18.4 Å². The third-order valence-corrected chi connectivity index (χ3v) is 9.50. The van der Waals surface area contributed by atoms with E-state index in [1.165, 1.54) is 77.0 Å². The van der Waals surface area contributed by atoms with Gasteiger partial charge in [0.15, 0.2) is 0 Å². The molecule has 0 aliphatic rings. The predicted molar refractivity (Wildman–Crippen MR) is 210 cm³/mol. The fourth-order valence-corrected chi connectivity index (χ4v) is 6.00. The van der Waals surface area contributed by atoms with E-state index in [4.69, 9.17) is 9.05 Å². The first kappa shape index (κ1) is 48.5. The van der Waals surface area contributed by atoms with Crippen LogP contribution in [0.5, 0.6) is 0 Å². The number of allylic oxidation sites excluding steroid dienone is 7. The fraction of sp³-hybridized carbons (Fsp3) is 0.780. The van der Waals surface area contributed by atoms with Crippen molar-refractivity contribution in [1.29, 1.82) is 0 Å². The molecule has 0 aliphatic carbocycles. The van der Waals surface area contributed by atoms with E-state index in [2.05, 4.69) is 55.6 Å². The normalized spacial score (nSPS) is 15.1. The third-order valence-electron chi connectivity index (χ3n) is 8.54. The van der Waals surface area contributed by atoms with Gasteiger partial charge in [-0.25, -0.2) is 0 Å². The lowest BCUT2D eigenvalue weighted by Crippen LogP contribution is -2.45. The van der Waals surface area contributed by atoms with Crippen LogP contribution >= 0.6 is 7.82 Å². The van der Waals surface area contributed by atoms with Gasteiger partial charge in [-0.15, -0.1) is 0 Å². The van der Waals surface area contributed by atoms with Gasteiger partial charge < -0.3 is 28.8 Å². The van der Waals surface area contributed by atoms with Crippen LogP contribution in [0.4, 0.5) is 0 Å². The standard InChI is InChI=1S/C41H77N2O6P/c1-6-8-10-12-14-16-18-20-21-23-25-27-29-31-33-35-41(45)42-39(38-49-50(46,47)48-37-36-43(3,4)5)40(44)34-32-30-28-26-24-22-19-17-15-13-11-9-7-2/h14,16,18,20,24,26,32,34,39-40,44H,6-13,15,17,19,21-23,25,27-31,33,35-38H2,1-5H3,(H-,42,45,46,47)/b16-14-,20-18-,26-24+,34-32+. The molecule has 8 nitrogen and oxygen atoms in total. The summed E-state index contributed by atoms with van der Waals surface area (Å²) in [5.74, 6) is -0.223. The minimum atomic E-state index is -4.59. The average molecular weight is 725 g/mol. The van der Waals surface area contributed by atoms with Gasteiger partial charge in [-0.2, -0.15) is 0 Å². The number of phosphoric acid groups is 1. The van der Waals surface area contributed by atoms with Gasteiger partial charge in [-0.3, -0.25) is 9.36 Å². The number of unbranched alkanes of at least 4 members (excludes halogenated alkanes) is 17. The molecule has 0 radical (unpaired) electrons. The van der Waals surface area contributed by atoms with Crippen molar-refractivity contribution >= 4 is 13.7 Å². The van der Waals surface area contributed by atoms with Crippen molar-refractivity contribution in [3.63, 3.8) is 0 Å². The van der Waals surface area contributed by atoms with Crippen LogP contribution in [-0.4, -0.2) is 68.5 Å². The summed E-state index contributed by atoms with van der Waals surface area (Å²) in [6.07, 6.45) is 40.1. The Kier molecular flexibility index (Phi) is 32.3. The molecule has 50 heavy (non-hydrogen) atoms. The first-order valence-corrected chi connectivity index (χ1v) is 21.5. The molecule has 2 N–H and O–H groups in total. The second kappa shape index (κ2) is 33.3. The maximum Gasteiger partial charge on any atom is 0.268 e. The van der Waals surface area contributed by atoms with Gasteiger partial charge in [0.05, 0.1) is 39.9 Å². The summed E-state index contributed by atoms with van der Waals surface area (Å²) in [4.78, 5) is 25.2. The van der Waals surface area contributed by atoms with E-state index in [9.17, 15) is 19.4 Å². The number of carbonyl (C=O) groups is 1. The highest BCUT2D eigenvalue weighted by Crippen LogP contribution is 2.38. The first-order chi connectivity index (χ1) is 24.0. The highest BCUT2D eigenvalue weighted by molar-refractivity contribution is 7.45. The zero-order valence-electron chi connectivity index (χ0n) is 32.8. The van der Waals surface area contributed by atoms with Crippen LogP contribution in [0, 0.1) is 0 Å². The smallest absolute Gasteiger partial charge is 0.268 e. The Morgan fingerprint density at radius 3 is 1.78 bits per heavy atom. The van der Waals surface area contributed by atoms with Gasteiger partial charge >= 0.3 is 0 Å². The summed E-state index contributed by atoms with van der Waals surface area (Å²) < 4.78 is 23.1. The van der Waals surface area contributed by atoms with Gasteiger partial charge in [0.1, 0.15) is 13.2 Å². The molecule has 0 aliphatic heterocycles. The van der Waals surface area contributed by atoms with Crippen molar-refractivity contribution in [3.05, 3.63) is 48.6 Å². The number of nitrogens with one attached hydrogen (secondary N) is 1. The van der Waals surface area contributed by atoms with Crippen LogP contribution in [0.1, 0.15) is 155 Å². The predicted octanol–water partition coefficient (Wildman–Crippen LogP) is 9.89. The number of likely N-dealkylation sites (N-methyl/N-ethyl adjacent to an activating group) is 1. The molecule has 0 saturated carbocycles. The molecule has 3 unspecified atom stereocenters. The van der Waals surface area contributed by atoms with Gasteiger partial charge in [0.2, 0.25) is 5.91 Å². The molecule has 0 spiro atoms. The number of hydrogen-bond acceptors (Lipinski definition) is 6. The zero-order chi connectivity index (χ0) is 37.2. The molecular weight excluding hydrogens is 647 g/mol. The molecule has 0 aromatic heterocycles. The molecule has 0 rings (SSSR count). The minimum absolute atomic E-state index is 0.0104. The van der Waals surface area contributed by atoms with Crippen molar-refractivity contribution in [2.45, 2.75) is 167 Å². The quantitative estimate of drug-likeness (QED) is 0.0222. The summed E-state index contributed by atoms with van der Waals surface area (Å²) in [6, 6.07) is -0.907. The Morgan fingerprint density at radius 2 is 1.18 bits per heavy atom. The summed E-state index contributed by atoms with van der Waals surface area (Å²) in [5, 5.41) is 13.7. The van der Waals surface area contributed by atoms with E-state index in [-0.39, 0.29) is 12.5 Å². The SMILES string of the molecule is CCCCC/C=C\C=C/CCCCCCCCC(=O)NC(COP(=O)([O-])OCC[N+](C)(C)C)C(O)/C=C/CC/C=C/CCCCCCCCC. The van der Waals surface area contributed by atoms with Gasteiger partial charge in [-0.05, 0) is 57.8 Å². The Labute approximate surface area is 308 Å². The lowest BCUT2D eigenvalue weighted by atomic mass is 10.1. The number of aliphatic hydroxyl groups is 1. The number of rotatable bonds is 35. The van der Waals surface area contributed by atoms with Crippen LogP contribution in [0.3, 0.4) is 0 Å². The molecule has 0 aromatic rings. The van der Waals surface area contributed by atoms with Crippen molar-refractivity contribution in [1.82, 2.24) is 5.32 Å². The maximum atomic E-state index is 12.8. The summed E-state index contributed by atoms with van der Waals surface area (Å²) >= 11 is 0. The molecule has 0 heterocycles. The lowest BCUT2D eigenvalue weighted by molar-refractivity contribution is -0.870. The Balaban J connectivity index is 4.59. The number of hydrogen-bond donors (Lipinski definition) is 2. The van der Waals surface area contributed by atoms with Crippen molar-refractivity contribution in [2.24, 2.45) is 0 Å². The van der Waals surface area contributed by atoms with E-state index in [1.54, 1.807) is 6.08 Å². The molecule has 292 valence electrons. The Morgan fingerprint density at radius 1 is 0.700 bits per heavy atom. The molecule has 0 aromatic carbocycles. The lowest BCUT2D eigenvalue weighted by Gasteiger charge is -2.29. The largest absolute Gasteiger partial charge is 0.756 e. The highest BCUT2D eigenvalue weighted by Gasteiger charge is 2.23. The van der Waals surface area contributed by atoms with E-state index >= 15 is 0 Å². The third kappa shape index (κ3) is 34.9. The second-order valence-electron chi connectivity index (χ2n) is 14.7. The number of carbonyl (C=O) groups excluding carboxylic acids is 1. The molecule has 0 bridgehead atoms. The maximum absolute atomic E-state index is 12.8. The average Bonchev–Trinajstić information content (AvgIpc) is 3.06. The van der Waals surface area contributed by atoms with Crippen LogP contribution in [0.25, 0.3) is 0 Å². The van der Waals surface area contributed by atoms with E-state index in [0.717, 1.165) is 57.8 Å². The van der Waals surface area contributed by atoms with Crippen molar-refractivity contribution in [3.8, 4) is 0 Å². The van der Waals surface area contributed by atoms with Crippen molar-refractivity contribution < 1.29 is 32.9 Å². The van der Waals surface area contributed by atoms with Gasteiger partial charge in [-0.1, -0.05) is 140 Å².